The topological polar surface area (TPSA) is 108 Å². The van der Waals surface area contributed by atoms with Crippen molar-refractivity contribution in [2.75, 3.05) is 43.1 Å². The summed E-state index contributed by atoms with van der Waals surface area (Å²) < 4.78 is 41.1. The van der Waals surface area contributed by atoms with Crippen LogP contribution in [0.2, 0.25) is 0 Å². The minimum absolute atomic E-state index is 0.0652. The Morgan fingerprint density at radius 3 is 2.88 bits per heavy atom. The van der Waals surface area contributed by atoms with Crippen molar-refractivity contribution in [3.63, 3.8) is 0 Å². The molecule has 3 aliphatic rings. The van der Waals surface area contributed by atoms with Crippen molar-refractivity contribution in [3.05, 3.63) is 41.4 Å². The minimum atomic E-state index is -2.88. The van der Waals surface area contributed by atoms with Crippen LogP contribution < -0.4 is 20.3 Å². The van der Waals surface area contributed by atoms with Gasteiger partial charge >= 0.3 is 6.61 Å². The quantitative estimate of drug-likeness (QED) is 0.425. The van der Waals surface area contributed by atoms with Gasteiger partial charge < -0.3 is 35.2 Å². The third-order valence-corrected chi connectivity index (χ3v) is 5.46. The van der Waals surface area contributed by atoms with Gasteiger partial charge in [0, 0.05) is 49.8 Å². The number of rotatable bonds is 7. The summed E-state index contributed by atoms with van der Waals surface area (Å²) in [6.45, 7) is 0.851. The molecule has 3 heterocycles. The number of nitrogens with one attached hydrogen (secondary N) is 3. The van der Waals surface area contributed by atoms with E-state index in [2.05, 4.69) is 25.3 Å². The van der Waals surface area contributed by atoms with Crippen LogP contribution in [-0.2, 0) is 20.7 Å². The summed E-state index contributed by atoms with van der Waals surface area (Å²) in [5.74, 6) is 0.320. The second-order valence-corrected chi connectivity index (χ2v) is 8.02. The Labute approximate surface area is 189 Å². The van der Waals surface area contributed by atoms with Crippen molar-refractivity contribution in [3.8, 4) is 5.75 Å². The van der Waals surface area contributed by atoms with Crippen LogP contribution in [0.15, 0.2) is 40.8 Å². The molecule has 11 heteroatoms. The number of alkyl halides is 2. The highest BCUT2D eigenvalue weighted by Gasteiger charge is 2.37. The largest absolute Gasteiger partial charge is 0.484 e. The molecule has 1 saturated heterocycles. The van der Waals surface area contributed by atoms with Crippen molar-refractivity contribution in [2.45, 2.75) is 25.6 Å². The van der Waals surface area contributed by atoms with Crippen molar-refractivity contribution in [2.24, 2.45) is 4.99 Å². The molecule has 0 saturated carbocycles. The minimum Gasteiger partial charge on any atom is -0.484 e. The Balaban J connectivity index is 1.64. The molecule has 1 fully saturated rings. The lowest BCUT2D eigenvalue weighted by Crippen LogP contribution is -2.37. The number of carbonyl (C=O) groups is 1. The molecule has 0 spiro atoms. The summed E-state index contributed by atoms with van der Waals surface area (Å²) in [7, 11) is 0. The van der Waals surface area contributed by atoms with Gasteiger partial charge in [-0.3, -0.25) is 4.79 Å². The number of benzene rings is 1. The molecule has 9 nitrogen and oxygen atoms in total. The van der Waals surface area contributed by atoms with E-state index in [1.807, 2.05) is 0 Å². The van der Waals surface area contributed by atoms with Gasteiger partial charge in [-0.2, -0.15) is 8.78 Å². The van der Waals surface area contributed by atoms with E-state index in [4.69, 9.17) is 14.9 Å². The van der Waals surface area contributed by atoms with Gasteiger partial charge in [0.15, 0.2) is 0 Å². The number of morpholine rings is 1. The van der Waals surface area contributed by atoms with Crippen molar-refractivity contribution in [1.82, 2.24) is 5.32 Å². The van der Waals surface area contributed by atoms with Crippen LogP contribution in [0.1, 0.15) is 12.5 Å². The molecule has 1 aromatic rings. The normalized spacial score (nSPS) is 23.1. The number of carbonyl (C=O) groups excluding carboxylic acids is 1. The first-order valence-corrected chi connectivity index (χ1v) is 10.5. The molecule has 0 unspecified atom stereocenters. The average molecular weight is 461 g/mol. The molecular formula is C22H25F2N5O4. The molecule has 0 bridgehead atoms. The van der Waals surface area contributed by atoms with Crippen LogP contribution >= 0.6 is 0 Å². The van der Waals surface area contributed by atoms with E-state index in [0.717, 1.165) is 17.5 Å². The number of hydrogen-bond acceptors (Lipinski definition) is 8. The molecule has 33 heavy (non-hydrogen) atoms. The Bertz CT molecular complexity index is 1020. The first-order valence-electron chi connectivity index (χ1n) is 10.5. The molecule has 1 atom stereocenters. The zero-order chi connectivity index (χ0) is 23.4. The number of hydrogen-bond donors (Lipinski definition) is 3. The maximum absolute atomic E-state index is 13.0. The van der Waals surface area contributed by atoms with Gasteiger partial charge in [0.05, 0.1) is 36.8 Å². The molecule has 4 rings (SSSR count). The van der Waals surface area contributed by atoms with Gasteiger partial charge in [-0.05, 0) is 19.1 Å². The number of anilines is 2. The van der Waals surface area contributed by atoms with Crippen LogP contribution in [0.3, 0.4) is 0 Å². The van der Waals surface area contributed by atoms with Crippen LogP contribution in [0.25, 0.3) is 0 Å². The fraction of sp³-hybridized carbons (Fsp3) is 0.409. The average Bonchev–Trinajstić information content (AvgIpc) is 3.14. The summed E-state index contributed by atoms with van der Waals surface area (Å²) >= 11 is 0. The lowest BCUT2D eigenvalue weighted by atomic mass is 9.99. The maximum Gasteiger partial charge on any atom is 0.345 e. The Morgan fingerprint density at radius 2 is 2.21 bits per heavy atom. The van der Waals surface area contributed by atoms with Gasteiger partial charge in [-0.15, -0.1) is 0 Å². The molecular weight excluding hydrogens is 436 g/mol. The van der Waals surface area contributed by atoms with E-state index in [1.165, 1.54) is 6.21 Å². The predicted molar refractivity (Wildman–Crippen MR) is 119 cm³/mol. The summed E-state index contributed by atoms with van der Waals surface area (Å²) in [5, 5.41) is 13.4. The summed E-state index contributed by atoms with van der Waals surface area (Å²) in [6, 6.07) is 3.59. The van der Waals surface area contributed by atoms with E-state index < -0.39 is 18.1 Å². The molecule has 0 aliphatic carbocycles. The summed E-state index contributed by atoms with van der Waals surface area (Å²) in [6.07, 6.45) is 6.10. The monoisotopic (exact) mass is 461 g/mol. The van der Waals surface area contributed by atoms with Gasteiger partial charge in [0.2, 0.25) is 0 Å². The van der Waals surface area contributed by atoms with E-state index in [-0.39, 0.29) is 18.0 Å². The molecule has 3 aliphatic heterocycles. The van der Waals surface area contributed by atoms with Crippen LogP contribution in [0.4, 0.5) is 20.2 Å². The lowest BCUT2D eigenvalue weighted by Gasteiger charge is -2.31. The number of fused-ring (bicyclic) bond motifs is 1. The molecule has 1 amide bonds. The summed E-state index contributed by atoms with van der Waals surface area (Å²) in [5.41, 5.74) is 1.13. The fourth-order valence-corrected chi connectivity index (χ4v) is 3.94. The van der Waals surface area contributed by atoms with Gasteiger partial charge in [0.25, 0.3) is 5.91 Å². The molecule has 3 N–H and O–H groups in total. The molecule has 1 aromatic carbocycles. The zero-order valence-electron chi connectivity index (χ0n) is 18.1. The van der Waals surface area contributed by atoms with Gasteiger partial charge in [-0.25, -0.2) is 4.99 Å². The number of amides is 1. The van der Waals surface area contributed by atoms with Crippen molar-refractivity contribution in [1.29, 1.82) is 5.41 Å². The van der Waals surface area contributed by atoms with Gasteiger partial charge in [-0.1, -0.05) is 0 Å². The second-order valence-electron chi connectivity index (χ2n) is 8.02. The number of halogens is 2. The summed E-state index contributed by atoms with van der Waals surface area (Å²) in [4.78, 5) is 19.2. The zero-order valence-corrected chi connectivity index (χ0v) is 18.1. The van der Waals surface area contributed by atoms with E-state index in [0.29, 0.717) is 44.2 Å². The van der Waals surface area contributed by atoms with E-state index >= 15 is 0 Å². The number of nitrogens with zero attached hydrogens (tertiary/aromatic N) is 2. The number of aliphatic imine (C=N–C) groups is 1. The lowest BCUT2D eigenvalue weighted by molar-refractivity contribution is -0.158. The van der Waals surface area contributed by atoms with Crippen LogP contribution in [0.5, 0.6) is 5.75 Å². The highest BCUT2D eigenvalue weighted by Crippen LogP contribution is 2.42. The Morgan fingerprint density at radius 1 is 1.42 bits per heavy atom. The highest BCUT2D eigenvalue weighted by molar-refractivity contribution is 6.18. The third kappa shape index (κ3) is 5.20. The van der Waals surface area contributed by atoms with Crippen molar-refractivity contribution >= 4 is 29.7 Å². The van der Waals surface area contributed by atoms with E-state index in [1.54, 1.807) is 31.3 Å². The van der Waals surface area contributed by atoms with Crippen LogP contribution in [0, 0.1) is 5.41 Å². The van der Waals surface area contributed by atoms with Crippen LogP contribution in [-0.4, -0.2) is 63.5 Å². The molecule has 0 radical (unpaired) electrons. The van der Waals surface area contributed by atoms with Crippen molar-refractivity contribution < 1.29 is 27.8 Å². The first kappa shape index (κ1) is 22.9. The Kier molecular flexibility index (Phi) is 6.70. The standard InChI is InChI=1S/C22H25F2N5O4/c1-22(13-32-21(23)24)11-14-9-16(17(10-18(14)33-22)29-5-7-31-8-6-29)28-20(30)15(12-25)19-26-3-2-4-27-19/h2-4,9-10,12,21,25-26H,5-8,11,13H2,1H3,(H,28,30)/b19-15-,25-12?/t22-/m1/s1. The number of ether oxygens (including phenoxy) is 3. The number of allylic oxidation sites excluding steroid dienone is 1. The highest BCUT2D eigenvalue weighted by atomic mass is 19.3. The second kappa shape index (κ2) is 9.67. The first-order chi connectivity index (χ1) is 15.9. The molecule has 176 valence electrons. The third-order valence-electron chi connectivity index (χ3n) is 5.46. The Hall–Kier alpha value is -3.31. The molecule has 0 aromatic heterocycles. The smallest absolute Gasteiger partial charge is 0.345 e. The SMILES string of the molecule is C[C@]1(COC(F)F)Cc2cc(NC(=O)/C(C=N)=C3\N=CC=CN3)c(N3CCOCC3)cc2O1. The fourth-order valence-electron chi connectivity index (χ4n) is 3.94. The van der Waals surface area contributed by atoms with Gasteiger partial charge in [0.1, 0.15) is 17.2 Å². The predicted octanol–water partition coefficient (Wildman–Crippen LogP) is 2.44. The maximum atomic E-state index is 13.0. The van der Waals surface area contributed by atoms with E-state index in [9.17, 15) is 13.6 Å².